The molecule has 1 unspecified atom stereocenters. The number of aromatic nitrogens is 2. The van der Waals surface area contributed by atoms with Gasteiger partial charge < -0.3 is 5.32 Å². The van der Waals surface area contributed by atoms with Crippen molar-refractivity contribution in [3.63, 3.8) is 0 Å². The normalized spacial score (nSPS) is 12.1. The van der Waals surface area contributed by atoms with E-state index in [-0.39, 0.29) is 11.5 Å². The van der Waals surface area contributed by atoms with Gasteiger partial charge in [-0.25, -0.2) is 4.98 Å². The number of aryl methyl sites for hydroxylation is 1. The van der Waals surface area contributed by atoms with E-state index in [1.165, 1.54) is 27.7 Å². The van der Waals surface area contributed by atoms with Crippen LogP contribution in [0.25, 0.3) is 10.2 Å². The molecular formula is C22H18ClN3O2S2. The second-order valence-electron chi connectivity index (χ2n) is 6.76. The summed E-state index contributed by atoms with van der Waals surface area (Å²) in [6.45, 7) is 1.91. The highest BCUT2D eigenvalue weighted by Gasteiger charge is 2.25. The summed E-state index contributed by atoms with van der Waals surface area (Å²) in [6, 6.07) is 16.7. The number of nitrogens with zero attached hydrogens (tertiary/aromatic N) is 2. The van der Waals surface area contributed by atoms with Crippen LogP contribution in [0.4, 0.5) is 5.69 Å². The van der Waals surface area contributed by atoms with Crippen LogP contribution in [0.5, 0.6) is 0 Å². The van der Waals surface area contributed by atoms with Gasteiger partial charge in [-0.15, -0.1) is 11.3 Å². The number of carbonyl (C=O) groups excluding carboxylic acids is 1. The van der Waals surface area contributed by atoms with E-state index in [4.69, 9.17) is 11.6 Å². The van der Waals surface area contributed by atoms with Crippen molar-refractivity contribution in [2.75, 3.05) is 5.32 Å². The molecule has 4 rings (SSSR count). The van der Waals surface area contributed by atoms with Gasteiger partial charge in [0.25, 0.3) is 5.56 Å². The third-order valence-corrected chi connectivity index (χ3v) is 7.25. The predicted octanol–water partition coefficient (Wildman–Crippen LogP) is 5.43. The van der Waals surface area contributed by atoms with Gasteiger partial charge in [0.05, 0.1) is 5.52 Å². The number of fused-ring (bicyclic) bond motifs is 1. The Hall–Kier alpha value is -2.61. The van der Waals surface area contributed by atoms with Crippen LogP contribution in [0.1, 0.15) is 16.4 Å². The van der Waals surface area contributed by atoms with Gasteiger partial charge >= 0.3 is 0 Å². The highest BCUT2D eigenvalue weighted by Crippen LogP contribution is 2.35. The summed E-state index contributed by atoms with van der Waals surface area (Å²) in [5.41, 5.74) is 2.90. The Morgan fingerprint density at radius 2 is 1.97 bits per heavy atom. The predicted molar refractivity (Wildman–Crippen MR) is 125 cm³/mol. The minimum absolute atomic E-state index is 0.116. The first-order valence-electron chi connectivity index (χ1n) is 9.17. The lowest BCUT2D eigenvalue weighted by molar-refractivity contribution is -0.115. The Kier molecular flexibility index (Phi) is 5.94. The first-order valence-corrected chi connectivity index (χ1v) is 11.3. The molecule has 2 aromatic carbocycles. The monoisotopic (exact) mass is 455 g/mol. The van der Waals surface area contributed by atoms with Crippen molar-refractivity contribution in [2.24, 2.45) is 7.05 Å². The highest BCUT2D eigenvalue weighted by atomic mass is 35.5. The summed E-state index contributed by atoms with van der Waals surface area (Å²) in [5.74, 6) is -0.217. The number of rotatable bonds is 5. The van der Waals surface area contributed by atoms with Gasteiger partial charge in [0.2, 0.25) is 5.91 Å². The number of amides is 1. The van der Waals surface area contributed by atoms with Gasteiger partial charge in [0, 0.05) is 17.8 Å². The van der Waals surface area contributed by atoms with Crippen molar-refractivity contribution in [1.29, 1.82) is 0 Å². The zero-order valence-corrected chi connectivity index (χ0v) is 18.6. The van der Waals surface area contributed by atoms with E-state index >= 15 is 0 Å². The molecule has 4 aromatic rings. The number of thioether (sulfide) groups is 1. The van der Waals surface area contributed by atoms with Crippen molar-refractivity contribution in [1.82, 2.24) is 9.55 Å². The Labute approximate surface area is 186 Å². The molecule has 0 bridgehead atoms. The lowest BCUT2D eigenvalue weighted by atomic mass is 10.1. The molecule has 2 heterocycles. The van der Waals surface area contributed by atoms with Crippen molar-refractivity contribution in [3.05, 3.63) is 86.5 Å². The smallest absolute Gasteiger partial charge is 0.271 e. The van der Waals surface area contributed by atoms with E-state index in [0.29, 0.717) is 26.1 Å². The fraction of sp³-hybridized carbons (Fsp3) is 0.136. The van der Waals surface area contributed by atoms with E-state index in [1.54, 1.807) is 13.1 Å². The van der Waals surface area contributed by atoms with Crippen LogP contribution in [-0.2, 0) is 11.8 Å². The number of benzene rings is 2. The molecule has 0 saturated heterocycles. The molecule has 1 N–H and O–H groups in total. The van der Waals surface area contributed by atoms with Crippen LogP contribution < -0.4 is 10.9 Å². The second kappa shape index (κ2) is 8.63. The summed E-state index contributed by atoms with van der Waals surface area (Å²) in [4.78, 5) is 30.5. The van der Waals surface area contributed by atoms with E-state index in [2.05, 4.69) is 10.3 Å². The summed E-state index contributed by atoms with van der Waals surface area (Å²) in [5, 5.41) is 5.25. The molecule has 1 amide bonds. The van der Waals surface area contributed by atoms with Crippen LogP contribution in [0.3, 0.4) is 0 Å². The van der Waals surface area contributed by atoms with Crippen LogP contribution in [0, 0.1) is 6.92 Å². The molecule has 0 aliphatic heterocycles. The maximum atomic E-state index is 13.2. The lowest BCUT2D eigenvalue weighted by Gasteiger charge is -2.18. The van der Waals surface area contributed by atoms with Gasteiger partial charge in [-0.05, 0) is 41.6 Å². The Morgan fingerprint density at radius 3 is 2.70 bits per heavy atom. The standard InChI is InChI=1S/C22H18ClN3O2S2/c1-13-8-9-15(12-16(13)23)24-20(27)18(14-6-4-3-5-7-14)30-22-25-17-10-11-29-19(17)21(28)26(22)2/h3-12,18H,1-2H3,(H,24,27). The highest BCUT2D eigenvalue weighted by molar-refractivity contribution is 8.00. The topological polar surface area (TPSA) is 64.0 Å². The molecule has 0 spiro atoms. The number of hydrogen-bond acceptors (Lipinski definition) is 5. The summed E-state index contributed by atoms with van der Waals surface area (Å²) in [6.07, 6.45) is 0. The molecular weight excluding hydrogens is 438 g/mol. The van der Waals surface area contributed by atoms with E-state index in [0.717, 1.165) is 11.1 Å². The third-order valence-electron chi connectivity index (χ3n) is 4.65. The van der Waals surface area contributed by atoms with Crippen molar-refractivity contribution in [3.8, 4) is 0 Å². The minimum Gasteiger partial charge on any atom is -0.325 e. The molecule has 0 radical (unpaired) electrons. The van der Waals surface area contributed by atoms with Crippen molar-refractivity contribution >= 4 is 56.5 Å². The van der Waals surface area contributed by atoms with Crippen molar-refractivity contribution < 1.29 is 4.79 Å². The minimum atomic E-state index is -0.597. The van der Waals surface area contributed by atoms with Gasteiger partial charge in [0.15, 0.2) is 5.16 Å². The number of hydrogen-bond donors (Lipinski definition) is 1. The molecule has 30 heavy (non-hydrogen) atoms. The van der Waals surface area contributed by atoms with Gasteiger partial charge in [-0.1, -0.05) is 59.8 Å². The van der Waals surface area contributed by atoms with Crippen molar-refractivity contribution in [2.45, 2.75) is 17.3 Å². The zero-order valence-electron chi connectivity index (χ0n) is 16.3. The Morgan fingerprint density at radius 1 is 1.20 bits per heavy atom. The fourth-order valence-electron chi connectivity index (χ4n) is 2.96. The van der Waals surface area contributed by atoms with Crippen LogP contribution in [0.15, 0.2) is 69.9 Å². The molecule has 0 saturated carbocycles. The number of nitrogens with one attached hydrogen (secondary N) is 1. The van der Waals surface area contributed by atoms with Crippen LogP contribution >= 0.6 is 34.7 Å². The summed E-state index contributed by atoms with van der Waals surface area (Å²) < 4.78 is 2.10. The van der Waals surface area contributed by atoms with Crippen LogP contribution in [-0.4, -0.2) is 15.5 Å². The lowest BCUT2D eigenvalue weighted by Crippen LogP contribution is -2.23. The number of halogens is 1. The number of carbonyl (C=O) groups is 1. The Balaban J connectivity index is 1.70. The molecule has 0 aliphatic rings. The van der Waals surface area contributed by atoms with Gasteiger partial charge in [-0.2, -0.15) is 0 Å². The van der Waals surface area contributed by atoms with E-state index < -0.39 is 5.25 Å². The fourth-order valence-corrected chi connectivity index (χ4v) is 5.01. The largest absolute Gasteiger partial charge is 0.325 e. The first kappa shape index (κ1) is 20.7. The third kappa shape index (κ3) is 4.14. The molecule has 0 fully saturated rings. The molecule has 152 valence electrons. The number of thiophene rings is 1. The molecule has 2 aromatic heterocycles. The van der Waals surface area contributed by atoms with Gasteiger partial charge in [-0.3, -0.25) is 14.2 Å². The maximum Gasteiger partial charge on any atom is 0.271 e. The van der Waals surface area contributed by atoms with E-state index in [9.17, 15) is 9.59 Å². The zero-order chi connectivity index (χ0) is 21.3. The summed E-state index contributed by atoms with van der Waals surface area (Å²) >= 11 is 8.82. The average Bonchev–Trinajstić information content (AvgIpc) is 3.21. The molecule has 8 heteroatoms. The van der Waals surface area contributed by atoms with E-state index in [1.807, 2.05) is 60.8 Å². The molecule has 1 atom stereocenters. The summed E-state index contributed by atoms with van der Waals surface area (Å²) in [7, 11) is 1.68. The Bertz CT molecular complexity index is 1280. The second-order valence-corrected chi connectivity index (χ2v) is 9.15. The van der Waals surface area contributed by atoms with Gasteiger partial charge in [0.1, 0.15) is 9.95 Å². The molecule has 5 nitrogen and oxygen atoms in total. The SMILES string of the molecule is Cc1ccc(NC(=O)C(Sc2nc3ccsc3c(=O)n2C)c2ccccc2)cc1Cl. The number of anilines is 1. The first-order chi connectivity index (χ1) is 14.4. The van der Waals surface area contributed by atoms with Crippen LogP contribution in [0.2, 0.25) is 5.02 Å². The average molecular weight is 456 g/mol. The maximum absolute atomic E-state index is 13.2. The quantitative estimate of drug-likeness (QED) is 0.322. The molecule has 0 aliphatic carbocycles.